The average Bonchev–Trinajstić information content (AvgIpc) is 3.32. The van der Waals surface area contributed by atoms with Crippen molar-refractivity contribution in [2.24, 2.45) is 5.92 Å². The molecule has 0 spiro atoms. The molecule has 3 aliphatic rings. The molecule has 30 heavy (non-hydrogen) atoms. The second-order valence-corrected chi connectivity index (χ2v) is 9.51. The van der Waals surface area contributed by atoms with Gasteiger partial charge in [-0.05, 0) is 88.9 Å². The number of aromatic nitrogens is 1. The first kappa shape index (κ1) is 21.7. The van der Waals surface area contributed by atoms with Crippen molar-refractivity contribution in [2.45, 2.75) is 51.1 Å². The Morgan fingerprint density at radius 1 is 1.00 bits per heavy atom. The normalized spacial score (nSPS) is 24.9. The summed E-state index contributed by atoms with van der Waals surface area (Å²) in [5.74, 6) is 0.561. The average molecular weight is 414 g/mol. The fourth-order valence-electron chi connectivity index (χ4n) is 5.45. The van der Waals surface area contributed by atoms with Crippen LogP contribution >= 0.6 is 0 Å². The number of rotatable bonds is 7. The molecule has 1 atom stereocenters. The van der Waals surface area contributed by atoms with Crippen molar-refractivity contribution in [1.82, 2.24) is 24.6 Å². The van der Waals surface area contributed by atoms with E-state index in [-0.39, 0.29) is 5.92 Å². The SMILES string of the molecule is CN(CCN1CCCC1)C(=O)[C@@H]1CCCN(C2CCN(Cc3ccncc3)CC2)C1. The molecule has 4 rings (SSSR count). The Hall–Kier alpha value is -1.50. The molecule has 0 N–H and O–H groups in total. The monoisotopic (exact) mass is 413 g/mol. The molecular formula is C24H39N5O. The summed E-state index contributed by atoms with van der Waals surface area (Å²) in [4.78, 5) is 26.9. The Balaban J connectivity index is 1.21. The highest BCUT2D eigenvalue weighted by Crippen LogP contribution is 2.25. The lowest BCUT2D eigenvalue weighted by Gasteiger charge is -2.42. The second kappa shape index (κ2) is 10.7. The van der Waals surface area contributed by atoms with Gasteiger partial charge in [0.05, 0.1) is 5.92 Å². The van der Waals surface area contributed by atoms with E-state index in [1.807, 2.05) is 24.3 Å². The van der Waals surface area contributed by atoms with Gasteiger partial charge in [0, 0.05) is 51.7 Å². The Bertz CT molecular complexity index is 655. The van der Waals surface area contributed by atoms with Crippen LogP contribution in [-0.4, -0.2) is 95.9 Å². The topological polar surface area (TPSA) is 42.9 Å². The summed E-state index contributed by atoms with van der Waals surface area (Å²) in [6.07, 6.45) is 11.1. The Labute approximate surface area is 182 Å². The molecule has 6 heteroatoms. The number of carbonyl (C=O) groups is 1. The molecule has 0 aliphatic carbocycles. The van der Waals surface area contributed by atoms with Crippen LogP contribution in [-0.2, 0) is 11.3 Å². The summed E-state index contributed by atoms with van der Waals surface area (Å²) < 4.78 is 0. The van der Waals surface area contributed by atoms with Gasteiger partial charge in [0.2, 0.25) is 5.91 Å². The summed E-state index contributed by atoms with van der Waals surface area (Å²) in [5, 5.41) is 0. The zero-order chi connectivity index (χ0) is 20.8. The minimum atomic E-state index is 0.192. The highest BCUT2D eigenvalue weighted by Gasteiger charge is 2.32. The highest BCUT2D eigenvalue weighted by molar-refractivity contribution is 5.78. The van der Waals surface area contributed by atoms with Gasteiger partial charge in [-0.3, -0.25) is 19.6 Å². The number of nitrogens with zero attached hydrogens (tertiary/aromatic N) is 5. The fraction of sp³-hybridized carbons (Fsp3) is 0.750. The molecule has 1 amide bonds. The van der Waals surface area contributed by atoms with E-state index in [9.17, 15) is 4.79 Å². The van der Waals surface area contributed by atoms with Crippen LogP contribution < -0.4 is 0 Å². The van der Waals surface area contributed by atoms with Gasteiger partial charge in [-0.1, -0.05) is 0 Å². The smallest absolute Gasteiger partial charge is 0.226 e. The third-order valence-electron chi connectivity index (χ3n) is 7.36. The molecule has 0 unspecified atom stereocenters. The molecule has 4 heterocycles. The maximum absolute atomic E-state index is 13.1. The Morgan fingerprint density at radius 3 is 2.47 bits per heavy atom. The van der Waals surface area contributed by atoms with Crippen molar-refractivity contribution >= 4 is 5.91 Å². The number of likely N-dealkylation sites (tertiary alicyclic amines) is 3. The minimum absolute atomic E-state index is 0.192. The van der Waals surface area contributed by atoms with E-state index in [0.29, 0.717) is 11.9 Å². The molecule has 166 valence electrons. The van der Waals surface area contributed by atoms with Gasteiger partial charge in [0.25, 0.3) is 0 Å². The van der Waals surface area contributed by atoms with Crippen molar-refractivity contribution in [3.63, 3.8) is 0 Å². The van der Waals surface area contributed by atoms with Gasteiger partial charge in [-0.25, -0.2) is 0 Å². The predicted molar refractivity (Wildman–Crippen MR) is 120 cm³/mol. The van der Waals surface area contributed by atoms with Crippen molar-refractivity contribution in [1.29, 1.82) is 0 Å². The quantitative estimate of drug-likeness (QED) is 0.686. The third-order valence-corrected chi connectivity index (χ3v) is 7.36. The second-order valence-electron chi connectivity index (χ2n) is 9.51. The van der Waals surface area contributed by atoms with Gasteiger partial charge >= 0.3 is 0 Å². The number of piperidine rings is 2. The Morgan fingerprint density at radius 2 is 1.73 bits per heavy atom. The van der Waals surface area contributed by atoms with E-state index in [4.69, 9.17) is 0 Å². The summed E-state index contributed by atoms with van der Waals surface area (Å²) in [6, 6.07) is 4.88. The van der Waals surface area contributed by atoms with Crippen LogP contribution in [0, 0.1) is 5.92 Å². The van der Waals surface area contributed by atoms with Gasteiger partial charge in [-0.2, -0.15) is 0 Å². The number of likely N-dealkylation sites (N-methyl/N-ethyl adjacent to an activating group) is 1. The van der Waals surface area contributed by atoms with Gasteiger partial charge in [0.1, 0.15) is 0 Å². The van der Waals surface area contributed by atoms with Crippen LogP contribution in [0.3, 0.4) is 0 Å². The molecule has 0 radical (unpaired) electrons. The lowest BCUT2D eigenvalue weighted by atomic mass is 9.93. The maximum Gasteiger partial charge on any atom is 0.226 e. The van der Waals surface area contributed by atoms with E-state index in [1.54, 1.807) is 0 Å². The van der Waals surface area contributed by atoms with Gasteiger partial charge < -0.3 is 9.80 Å². The minimum Gasteiger partial charge on any atom is -0.344 e. The fourth-order valence-corrected chi connectivity index (χ4v) is 5.45. The van der Waals surface area contributed by atoms with Crippen molar-refractivity contribution in [2.75, 3.05) is 59.4 Å². The van der Waals surface area contributed by atoms with Crippen LogP contribution in [0.5, 0.6) is 0 Å². The first-order valence-electron chi connectivity index (χ1n) is 12.0. The Kier molecular flexibility index (Phi) is 7.74. The van der Waals surface area contributed by atoms with Crippen LogP contribution in [0.4, 0.5) is 0 Å². The van der Waals surface area contributed by atoms with Crippen molar-refractivity contribution in [3.05, 3.63) is 30.1 Å². The van der Waals surface area contributed by atoms with Gasteiger partial charge in [0.15, 0.2) is 0 Å². The number of hydrogen-bond acceptors (Lipinski definition) is 5. The lowest BCUT2D eigenvalue weighted by molar-refractivity contribution is -0.136. The zero-order valence-corrected chi connectivity index (χ0v) is 18.7. The molecular weight excluding hydrogens is 374 g/mol. The van der Waals surface area contributed by atoms with Crippen LogP contribution in [0.15, 0.2) is 24.5 Å². The lowest BCUT2D eigenvalue weighted by Crippen LogP contribution is -2.51. The van der Waals surface area contributed by atoms with E-state index in [0.717, 1.165) is 58.7 Å². The van der Waals surface area contributed by atoms with E-state index in [1.165, 1.54) is 44.3 Å². The van der Waals surface area contributed by atoms with Crippen LogP contribution in [0.25, 0.3) is 0 Å². The van der Waals surface area contributed by atoms with E-state index >= 15 is 0 Å². The number of pyridine rings is 1. The van der Waals surface area contributed by atoms with Crippen LogP contribution in [0.1, 0.15) is 44.1 Å². The first-order chi connectivity index (χ1) is 14.7. The predicted octanol–water partition coefficient (Wildman–Crippen LogP) is 2.31. The largest absolute Gasteiger partial charge is 0.344 e. The van der Waals surface area contributed by atoms with Crippen molar-refractivity contribution in [3.8, 4) is 0 Å². The number of hydrogen-bond donors (Lipinski definition) is 0. The first-order valence-corrected chi connectivity index (χ1v) is 12.0. The van der Waals surface area contributed by atoms with Crippen LogP contribution in [0.2, 0.25) is 0 Å². The molecule has 3 saturated heterocycles. The maximum atomic E-state index is 13.1. The molecule has 0 saturated carbocycles. The molecule has 0 aromatic carbocycles. The number of carbonyl (C=O) groups excluding carboxylic acids is 1. The molecule has 1 aromatic rings. The third kappa shape index (κ3) is 5.80. The summed E-state index contributed by atoms with van der Waals surface area (Å²) >= 11 is 0. The molecule has 3 aliphatic heterocycles. The molecule has 1 aromatic heterocycles. The number of amides is 1. The summed E-state index contributed by atoms with van der Waals surface area (Å²) in [5.41, 5.74) is 1.35. The zero-order valence-electron chi connectivity index (χ0n) is 18.7. The summed E-state index contributed by atoms with van der Waals surface area (Å²) in [7, 11) is 2.01. The highest BCUT2D eigenvalue weighted by atomic mass is 16.2. The van der Waals surface area contributed by atoms with Gasteiger partial charge in [-0.15, -0.1) is 0 Å². The van der Waals surface area contributed by atoms with Crippen molar-refractivity contribution < 1.29 is 4.79 Å². The summed E-state index contributed by atoms with van der Waals surface area (Å²) in [6.45, 7) is 9.78. The molecule has 3 fully saturated rings. The molecule has 6 nitrogen and oxygen atoms in total. The molecule has 0 bridgehead atoms. The van der Waals surface area contributed by atoms with E-state index in [2.05, 4.69) is 31.8 Å². The standard InChI is InChI=1S/C24H39N5O/c1-26(17-18-27-12-2-3-13-27)24(30)22-5-4-14-29(20-22)23-8-15-28(16-9-23)19-21-6-10-25-11-7-21/h6-7,10-11,22-23H,2-5,8-9,12-20H2,1H3/t22-/m1/s1. The van der Waals surface area contributed by atoms with E-state index < -0.39 is 0 Å².